The van der Waals surface area contributed by atoms with Gasteiger partial charge in [0.1, 0.15) is 6.61 Å². The number of amides is 1. The number of carbonyl (C=O) groups is 1. The van der Waals surface area contributed by atoms with Crippen molar-refractivity contribution >= 4 is 5.91 Å². The molecule has 0 aliphatic heterocycles. The molecule has 0 aromatic rings. The summed E-state index contributed by atoms with van der Waals surface area (Å²) in [5.41, 5.74) is 5.67. The molecule has 0 aromatic heterocycles. The number of ether oxygens (including phenoxy) is 1. The fourth-order valence-electron chi connectivity index (χ4n) is 3.58. The van der Waals surface area contributed by atoms with Gasteiger partial charge < -0.3 is 15.8 Å². The van der Waals surface area contributed by atoms with Gasteiger partial charge in [-0.3, -0.25) is 4.79 Å². The Kier molecular flexibility index (Phi) is 5.85. The summed E-state index contributed by atoms with van der Waals surface area (Å²) in [4.78, 5) is 11.9. The van der Waals surface area contributed by atoms with Crippen LogP contribution in [-0.2, 0) is 9.53 Å². The Labute approximate surface area is 122 Å². The van der Waals surface area contributed by atoms with Crippen molar-refractivity contribution in [3.63, 3.8) is 0 Å². The van der Waals surface area contributed by atoms with E-state index in [1.807, 2.05) is 0 Å². The maximum absolute atomic E-state index is 11.9. The number of hydrogen-bond donors (Lipinski definition) is 2. The van der Waals surface area contributed by atoms with Crippen molar-refractivity contribution in [3.8, 4) is 0 Å². The zero-order valence-electron chi connectivity index (χ0n) is 12.8. The fraction of sp³-hybridized carbons (Fsp3) is 0.938. The van der Waals surface area contributed by atoms with Crippen LogP contribution in [0.15, 0.2) is 0 Å². The van der Waals surface area contributed by atoms with Crippen LogP contribution in [0.25, 0.3) is 0 Å². The quantitative estimate of drug-likeness (QED) is 0.786. The van der Waals surface area contributed by atoms with Crippen LogP contribution in [-0.4, -0.2) is 30.7 Å². The Bertz CT molecular complexity index is 306. The molecule has 1 amide bonds. The third kappa shape index (κ3) is 4.19. The lowest BCUT2D eigenvalue weighted by Crippen LogP contribution is -2.46. The van der Waals surface area contributed by atoms with Crippen LogP contribution in [0.4, 0.5) is 0 Å². The first-order valence-electron chi connectivity index (χ1n) is 8.31. The van der Waals surface area contributed by atoms with Crippen molar-refractivity contribution < 1.29 is 9.53 Å². The standard InChI is InChI=1S/C16H30N2O2/c1-2-13-7-9-16(12-17,10-8-13)20-11-15(19)18-14-5-3-4-6-14/h13-14H,2-12,17H2,1H3,(H,18,19). The van der Waals surface area contributed by atoms with Crippen LogP contribution in [0, 0.1) is 5.92 Å². The SMILES string of the molecule is CCC1CCC(CN)(OCC(=O)NC2CCCC2)CC1. The van der Waals surface area contributed by atoms with E-state index in [0.717, 1.165) is 31.6 Å². The van der Waals surface area contributed by atoms with Crippen molar-refractivity contribution in [3.05, 3.63) is 0 Å². The summed E-state index contributed by atoms with van der Waals surface area (Å²) in [6.45, 7) is 2.95. The Hall–Kier alpha value is -0.610. The summed E-state index contributed by atoms with van der Waals surface area (Å²) in [5, 5.41) is 3.07. The van der Waals surface area contributed by atoms with Crippen LogP contribution in [0.1, 0.15) is 64.7 Å². The van der Waals surface area contributed by atoms with Gasteiger partial charge in [-0.05, 0) is 44.4 Å². The minimum Gasteiger partial charge on any atom is -0.364 e. The number of nitrogens with one attached hydrogen (secondary N) is 1. The normalized spacial score (nSPS) is 31.4. The Balaban J connectivity index is 1.74. The maximum Gasteiger partial charge on any atom is 0.246 e. The third-order valence-electron chi connectivity index (χ3n) is 5.20. The molecule has 20 heavy (non-hydrogen) atoms. The second-order valence-corrected chi connectivity index (χ2v) is 6.58. The highest BCUT2D eigenvalue weighted by Crippen LogP contribution is 2.35. The molecular weight excluding hydrogens is 252 g/mol. The van der Waals surface area contributed by atoms with Gasteiger partial charge in [-0.25, -0.2) is 0 Å². The smallest absolute Gasteiger partial charge is 0.246 e. The molecule has 116 valence electrons. The molecule has 0 radical (unpaired) electrons. The molecule has 0 bridgehead atoms. The van der Waals surface area contributed by atoms with Gasteiger partial charge in [-0.2, -0.15) is 0 Å². The molecule has 2 aliphatic carbocycles. The van der Waals surface area contributed by atoms with E-state index in [9.17, 15) is 4.79 Å². The lowest BCUT2D eigenvalue weighted by atomic mass is 9.77. The van der Waals surface area contributed by atoms with Crippen LogP contribution >= 0.6 is 0 Å². The van der Waals surface area contributed by atoms with Crippen LogP contribution in [0.3, 0.4) is 0 Å². The van der Waals surface area contributed by atoms with Gasteiger partial charge in [-0.1, -0.05) is 26.2 Å². The van der Waals surface area contributed by atoms with Gasteiger partial charge in [-0.15, -0.1) is 0 Å². The van der Waals surface area contributed by atoms with Gasteiger partial charge in [0.15, 0.2) is 0 Å². The molecule has 4 heteroatoms. The first kappa shape index (κ1) is 15.8. The van der Waals surface area contributed by atoms with Crippen LogP contribution < -0.4 is 11.1 Å². The summed E-state index contributed by atoms with van der Waals surface area (Å²) < 4.78 is 5.95. The number of hydrogen-bond acceptors (Lipinski definition) is 3. The molecule has 0 unspecified atom stereocenters. The Morgan fingerprint density at radius 2 is 1.90 bits per heavy atom. The van der Waals surface area contributed by atoms with Gasteiger partial charge in [0.05, 0.1) is 5.60 Å². The van der Waals surface area contributed by atoms with Crippen molar-refractivity contribution in [2.45, 2.75) is 76.4 Å². The lowest BCUT2D eigenvalue weighted by Gasteiger charge is -2.39. The van der Waals surface area contributed by atoms with Crippen LogP contribution in [0.2, 0.25) is 0 Å². The number of rotatable bonds is 6. The maximum atomic E-state index is 11.9. The molecule has 0 aromatic carbocycles. The highest BCUT2D eigenvalue weighted by Gasteiger charge is 2.35. The van der Waals surface area contributed by atoms with Crippen LogP contribution in [0.5, 0.6) is 0 Å². The van der Waals surface area contributed by atoms with Crippen molar-refractivity contribution in [1.29, 1.82) is 0 Å². The molecule has 0 atom stereocenters. The van der Waals surface area contributed by atoms with E-state index in [-0.39, 0.29) is 18.1 Å². The van der Waals surface area contributed by atoms with Gasteiger partial charge in [0.25, 0.3) is 0 Å². The molecule has 2 fully saturated rings. The molecule has 3 N–H and O–H groups in total. The average Bonchev–Trinajstić information content (AvgIpc) is 2.98. The van der Waals surface area contributed by atoms with Crippen molar-refractivity contribution in [1.82, 2.24) is 5.32 Å². The second-order valence-electron chi connectivity index (χ2n) is 6.58. The fourth-order valence-corrected chi connectivity index (χ4v) is 3.58. The van der Waals surface area contributed by atoms with E-state index in [2.05, 4.69) is 12.2 Å². The predicted octanol–water partition coefficient (Wildman–Crippen LogP) is 2.36. The van der Waals surface area contributed by atoms with Crippen molar-refractivity contribution in [2.75, 3.05) is 13.2 Å². The van der Waals surface area contributed by atoms with E-state index < -0.39 is 0 Å². The molecule has 0 spiro atoms. The largest absolute Gasteiger partial charge is 0.364 e. The van der Waals surface area contributed by atoms with Gasteiger partial charge >= 0.3 is 0 Å². The topological polar surface area (TPSA) is 64.3 Å². The average molecular weight is 282 g/mol. The zero-order chi connectivity index (χ0) is 14.4. The third-order valence-corrected chi connectivity index (χ3v) is 5.20. The summed E-state index contributed by atoms with van der Waals surface area (Å²) in [5.74, 6) is 0.841. The van der Waals surface area contributed by atoms with Crippen molar-refractivity contribution in [2.24, 2.45) is 11.7 Å². The molecular formula is C16H30N2O2. The highest BCUT2D eigenvalue weighted by molar-refractivity contribution is 5.77. The summed E-state index contributed by atoms with van der Waals surface area (Å²) >= 11 is 0. The first-order chi connectivity index (χ1) is 9.67. The van der Waals surface area contributed by atoms with E-state index in [1.165, 1.54) is 32.1 Å². The second kappa shape index (κ2) is 7.41. The van der Waals surface area contributed by atoms with E-state index >= 15 is 0 Å². The molecule has 0 heterocycles. The van der Waals surface area contributed by atoms with E-state index in [4.69, 9.17) is 10.5 Å². The molecule has 4 nitrogen and oxygen atoms in total. The summed E-state index contributed by atoms with van der Waals surface area (Å²) in [6, 6.07) is 0.371. The first-order valence-corrected chi connectivity index (χ1v) is 8.31. The van der Waals surface area contributed by atoms with Gasteiger partial charge in [0.2, 0.25) is 5.91 Å². The number of nitrogens with two attached hydrogens (primary N) is 1. The monoisotopic (exact) mass is 282 g/mol. The summed E-state index contributed by atoms with van der Waals surface area (Å²) in [7, 11) is 0. The van der Waals surface area contributed by atoms with E-state index in [1.54, 1.807) is 0 Å². The molecule has 2 saturated carbocycles. The lowest BCUT2D eigenvalue weighted by molar-refractivity contribution is -0.136. The minimum atomic E-state index is -0.251. The minimum absolute atomic E-state index is 0.0299. The highest BCUT2D eigenvalue weighted by atomic mass is 16.5. The predicted molar refractivity (Wildman–Crippen MR) is 80.4 cm³/mol. The van der Waals surface area contributed by atoms with E-state index in [0.29, 0.717) is 12.6 Å². The molecule has 0 saturated heterocycles. The number of carbonyl (C=O) groups excluding carboxylic acids is 1. The summed E-state index contributed by atoms with van der Waals surface area (Å²) in [6.07, 6.45) is 10.3. The Morgan fingerprint density at radius 1 is 1.25 bits per heavy atom. The molecule has 2 aliphatic rings. The molecule has 2 rings (SSSR count). The Morgan fingerprint density at radius 3 is 2.45 bits per heavy atom. The van der Waals surface area contributed by atoms with Gasteiger partial charge in [0, 0.05) is 12.6 Å². The zero-order valence-corrected chi connectivity index (χ0v) is 12.8.